The first-order chi connectivity index (χ1) is 24.4. The molecule has 2 aliphatic heterocycles. The SMILES string of the molecule is Cc1cc(C)c(-c2cc(-c3[c-]ccc4c3Oc3cccc5c3B4c3ccccc3O5)ncc2C)c(C)c1.Cc1ccc(-c2[c-]cccc2)nc1.[Ir]. The van der Waals surface area contributed by atoms with Gasteiger partial charge < -0.3 is 19.4 Å². The smallest absolute Gasteiger partial charge is 0.241 e. The van der Waals surface area contributed by atoms with Crippen LogP contribution in [0.5, 0.6) is 23.0 Å². The van der Waals surface area contributed by atoms with Crippen LogP contribution >= 0.6 is 0 Å². The third kappa shape index (κ3) is 6.42. The van der Waals surface area contributed by atoms with Crippen molar-refractivity contribution in [3.05, 3.63) is 162 Å². The zero-order valence-corrected chi connectivity index (χ0v) is 31.6. The zero-order chi connectivity index (χ0) is 34.4. The molecule has 0 fully saturated rings. The predicted molar refractivity (Wildman–Crippen MR) is 204 cm³/mol. The molecule has 0 aliphatic carbocycles. The van der Waals surface area contributed by atoms with Gasteiger partial charge in [0.25, 0.3) is 0 Å². The van der Waals surface area contributed by atoms with Gasteiger partial charge in [-0.2, -0.15) is 0 Å². The summed E-state index contributed by atoms with van der Waals surface area (Å²) in [4.78, 5) is 9.18. The van der Waals surface area contributed by atoms with E-state index in [0.29, 0.717) is 0 Å². The van der Waals surface area contributed by atoms with E-state index in [4.69, 9.17) is 14.5 Å². The van der Waals surface area contributed by atoms with Crippen molar-refractivity contribution in [1.29, 1.82) is 0 Å². The minimum absolute atomic E-state index is 0. The molecular formula is C45H35BIrN2O2-2. The van der Waals surface area contributed by atoms with Crippen LogP contribution in [0.1, 0.15) is 27.8 Å². The second-order valence-corrected chi connectivity index (χ2v) is 13.1. The normalized spacial score (nSPS) is 11.7. The summed E-state index contributed by atoms with van der Waals surface area (Å²) in [5.41, 5.74) is 15.7. The summed E-state index contributed by atoms with van der Waals surface area (Å²) in [5.74, 6) is 3.37. The standard InChI is InChI=1S/C33H25BNO2.C12H10N.Ir/c1-19-15-20(2)31(21(3)16-19)24-17-27(35-18-22(24)4)23-9-7-11-26-33(23)37-30-14-8-13-29-32(30)34(26)25-10-5-6-12-28(25)36-29;1-10-7-8-12(13-9-10)11-5-3-2-4-6-11;/h5-8,10-18H,1-4H3;2-5,7-9H,1H3;/q2*-1;. The molecule has 1 radical (unpaired) electrons. The maximum absolute atomic E-state index is 6.61. The molecule has 251 valence electrons. The van der Waals surface area contributed by atoms with E-state index in [1.807, 2.05) is 86.0 Å². The molecule has 7 aromatic rings. The van der Waals surface area contributed by atoms with E-state index < -0.39 is 0 Å². The van der Waals surface area contributed by atoms with Crippen molar-refractivity contribution in [3.63, 3.8) is 0 Å². The van der Waals surface area contributed by atoms with Gasteiger partial charge in [0.1, 0.15) is 17.2 Å². The Balaban J connectivity index is 0.000000245. The van der Waals surface area contributed by atoms with Crippen LogP contribution in [0.3, 0.4) is 0 Å². The third-order valence-corrected chi connectivity index (χ3v) is 9.47. The van der Waals surface area contributed by atoms with E-state index in [1.165, 1.54) is 33.4 Å². The van der Waals surface area contributed by atoms with Gasteiger partial charge in [-0.3, -0.25) is 0 Å². The number of hydrogen-bond acceptors (Lipinski definition) is 4. The number of hydrogen-bond donors (Lipinski definition) is 0. The van der Waals surface area contributed by atoms with E-state index in [9.17, 15) is 0 Å². The number of benzene rings is 5. The molecule has 0 N–H and O–H groups in total. The van der Waals surface area contributed by atoms with Crippen LogP contribution in [0.25, 0.3) is 33.6 Å². The average molecular weight is 839 g/mol. The van der Waals surface area contributed by atoms with Crippen molar-refractivity contribution in [2.75, 3.05) is 0 Å². The van der Waals surface area contributed by atoms with Crippen LogP contribution in [0, 0.1) is 46.8 Å². The number of aromatic nitrogens is 2. The number of pyridine rings is 2. The molecule has 0 saturated carbocycles. The van der Waals surface area contributed by atoms with Gasteiger partial charge in [0.05, 0.1) is 0 Å². The number of fused-ring (bicyclic) bond motifs is 4. The largest absolute Gasteiger partial charge is 0.503 e. The summed E-state index contributed by atoms with van der Waals surface area (Å²) >= 11 is 0. The average Bonchev–Trinajstić information content (AvgIpc) is 3.13. The second kappa shape index (κ2) is 14.1. The number of para-hydroxylation sites is 1. The van der Waals surface area contributed by atoms with E-state index >= 15 is 0 Å². The molecule has 0 bridgehead atoms. The predicted octanol–water partition coefficient (Wildman–Crippen LogP) is 9.03. The van der Waals surface area contributed by atoms with Gasteiger partial charge >= 0.3 is 0 Å². The molecule has 0 atom stereocenters. The summed E-state index contributed by atoms with van der Waals surface area (Å²) in [5, 5.41) is 0. The van der Waals surface area contributed by atoms with Crippen molar-refractivity contribution in [1.82, 2.24) is 9.97 Å². The quantitative estimate of drug-likeness (QED) is 0.132. The maximum atomic E-state index is 6.61. The monoisotopic (exact) mass is 839 g/mol. The van der Waals surface area contributed by atoms with Gasteiger partial charge in [0, 0.05) is 43.7 Å². The summed E-state index contributed by atoms with van der Waals surface area (Å²) in [6.45, 7) is 10.7. The molecule has 2 aliphatic rings. The Kier molecular flexibility index (Phi) is 9.48. The van der Waals surface area contributed by atoms with Crippen molar-refractivity contribution in [3.8, 4) is 56.6 Å². The summed E-state index contributed by atoms with van der Waals surface area (Å²) in [7, 11) is 0. The molecule has 0 amide bonds. The fraction of sp³-hybridized carbons (Fsp3) is 0.111. The summed E-state index contributed by atoms with van der Waals surface area (Å²) in [6, 6.07) is 43.6. The number of aryl methyl sites for hydroxylation is 5. The van der Waals surface area contributed by atoms with Gasteiger partial charge in [0.2, 0.25) is 6.71 Å². The molecule has 2 aromatic heterocycles. The molecule has 6 heteroatoms. The van der Waals surface area contributed by atoms with Crippen molar-refractivity contribution in [2.24, 2.45) is 0 Å². The zero-order valence-electron chi connectivity index (χ0n) is 29.2. The fourth-order valence-corrected chi connectivity index (χ4v) is 7.25. The van der Waals surface area contributed by atoms with Crippen LogP contribution in [0.4, 0.5) is 0 Å². The van der Waals surface area contributed by atoms with Crippen molar-refractivity contribution < 1.29 is 29.6 Å². The minimum atomic E-state index is 0. The first-order valence-electron chi connectivity index (χ1n) is 16.9. The Morgan fingerprint density at radius 1 is 0.569 bits per heavy atom. The van der Waals surface area contributed by atoms with Crippen molar-refractivity contribution in [2.45, 2.75) is 34.6 Å². The third-order valence-electron chi connectivity index (χ3n) is 9.47. The summed E-state index contributed by atoms with van der Waals surface area (Å²) < 4.78 is 12.9. The fourth-order valence-electron chi connectivity index (χ4n) is 7.25. The molecule has 9 rings (SSSR count). The van der Waals surface area contributed by atoms with Gasteiger partial charge in [-0.25, -0.2) is 0 Å². The molecule has 0 unspecified atom stereocenters. The Morgan fingerprint density at radius 2 is 1.29 bits per heavy atom. The van der Waals surface area contributed by atoms with E-state index in [2.05, 4.69) is 87.3 Å². The second-order valence-electron chi connectivity index (χ2n) is 13.1. The first-order valence-corrected chi connectivity index (χ1v) is 16.9. The molecule has 4 heterocycles. The first kappa shape index (κ1) is 34.2. The Labute approximate surface area is 314 Å². The number of rotatable bonds is 3. The van der Waals surface area contributed by atoms with Crippen LogP contribution in [0.2, 0.25) is 0 Å². The molecule has 51 heavy (non-hydrogen) atoms. The molecule has 5 aromatic carbocycles. The number of nitrogens with zero attached hydrogens (tertiary/aromatic N) is 2. The maximum Gasteiger partial charge on any atom is 0.241 e. The van der Waals surface area contributed by atoms with E-state index in [1.54, 1.807) is 0 Å². The van der Waals surface area contributed by atoms with Gasteiger partial charge in [-0.1, -0.05) is 65.7 Å². The minimum Gasteiger partial charge on any atom is -0.503 e. The molecule has 0 spiro atoms. The van der Waals surface area contributed by atoms with Gasteiger partial charge in [-0.05, 0) is 103 Å². The molecular weight excluding hydrogens is 804 g/mol. The van der Waals surface area contributed by atoms with E-state index in [0.717, 1.165) is 67.5 Å². The number of ether oxygens (including phenoxy) is 2. The summed E-state index contributed by atoms with van der Waals surface area (Å²) in [6.07, 6.45) is 3.84. The van der Waals surface area contributed by atoms with Crippen LogP contribution in [-0.2, 0) is 20.1 Å². The van der Waals surface area contributed by atoms with Crippen LogP contribution in [0.15, 0.2) is 122 Å². The molecule has 0 saturated heterocycles. The van der Waals surface area contributed by atoms with Gasteiger partial charge in [0.15, 0.2) is 0 Å². The van der Waals surface area contributed by atoms with Crippen LogP contribution in [-0.4, -0.2) is 16.7 Å². The van der Waals surface area contributed by atoms with Gasteiger partial charge in [-0.15, -0.1) is 59.6 Å². The van der Waals surface area contributed by atoms with Crippen molar-refractivity contribution >= 4 is 23.1 Å². The van der Waals surface area contributed by atoms with E-state index in [-0.39, 0.29) is 26.8 Å². The molecule has 4 nitrogen and oxygen atoms in total. The van der Waals surface area contributed by atoms with Crippen LogP contribution < -0.4 is 25.9 Å². The Morgan fingerprint density at radius 3 is 2.04 bits per heavy atom. The Hall–Kier alpha value is -5.29. The topological polar surface area (TPSA) is 44.2 Å². The Bertz CT molecular complexity index is 2370.